The number of rotatable bonds is 7. The highest BCUT2D eigenvalue weighted by Crippen LogP contribution is 2.52. The van der Waals surface area contributed by atoms with E-state index < -0.39 is 5.82 Å². The fourth-order valence-corrected chi connectivity index (χ4v) is 4.09. The van der Waals surface area contributed by atoms with E-state index >= 15 is 0 Å². The number of methoxy groups -OCH3 is 1. The Hall–Kier alpha value is -1.70. The van der Waals surface area contributed by atoms with E-state index in [-0.39, 0.29) is 28.2 Å². The van der Waals surface area contributed by atoms with Crippen LogP contribution in [0.15, 0.2) is 18.2 Å². The molecule has 2 fully saturated rings. The zero-order chi connectivity index (χ0) is 18.7. The van der Waals surface area contributed by atoms with Crippen molar-refractivity contribution < 1.29 is 18.7 Å². The Kier molecular flexibility index (Phi) is 5.79. The molecule has 1 heterocycles. The monoisotopic (exact) mass is 383 g/mol. The number of anilines is 1. The van der Waals surface area contributed by atoms with Gasteiger partial charge in [-0.1, -0.05) is 11.6 Å². The normalized spacial score (nSPS) is 18.9. The smallest absolute Gasteiger partial charge is 0.234 e. The van der Waals surface area contributed by atoms with Crippen LogP contribution in [0, 0.1) is 17.2 Å². The first-order valence-electron chi connectivity index (χ1n) is 8.64. The fourth-order valence-electron chi connectivity index (χ4n) is 3.87. The number of hydrogen-bond acceptors (Lipinski definition) is 4. The minimum Gasteiger partial charge on any atom is -0.383 e. The number of benzene rings is 1. The van der Waals surface area contributed by atoms with Gasteiger partial charge in [-0.05, 0) is 36.5 Å². The number of nitrogens with one attached hydrogen (secondary N) is 2. The third-order valence-electron chi connectivity index (χ3n) is 4.97. The number of halogens is 2. The molecule has 2 amide bonds. The molecule has 8 heteroatoms. The average molecular weight is 384 g/mol. The van der Waals surface area contributed by atoms with Crippen LogP contribution in [0.3, 0.4) is 0 Å². The largest absolute Gasteiger partial charge is 0.383 e. The molecule has 0 atom stereocenters. The second-order valence-electron chi connectivity index (χ2n) is 7.24. The van der Waals surface area contributed by atoms with Crippen molar-refractivity contribution in [2.24, 2.45) is 11.3 Å². The van der Waals surface area contributed by atoms with Crippen LogP contribution < -0.4 is 10.6 Å². The van der Waals surface area contributed by atoms with E-state index in [0.717, 1.165) is 25.9 Å². The fraction of sp³-hybridized carbons (Fsp3) is 0.556. The van der Waals surface area contributed by atoms with Gasteiger partial charge in [0, 0.05) is 43.4 Å². The number of nitrogens with zero attached hydrogens (tertiary/aromatic N) is 1. The van der Waals surface area contributed by atoms with Gasteiger partial charge in [-0.15, -0.1) is 0 Å². The van der Waals surface area contributed by atoms with E-state index in [2.05, 4.69) is 15.5 Å². The summed E-state index contributed by atoms with van der Waals surface area (Å²) in [6.07, 6.45) is 1.59. The quantitative estimate of drug-likeness (QED) is 0.705. The summed E-state index contributed by atoms with van der Waals surface area (Å²) in [5.74, 6) is -0.660. The average Bonchev–Trinajstić information content (AvgIpc) is 2.47. The number of amides is 2. The summed E-state index contributed by atoms with van der Waals surface area (Å²) in [5, 5.41) is 5.78. The number of carbonyl (C=O) groups excluding carboxylic acids is 2. The lowest BCUT2D eigenvalue weighted by Crippen LogP contribution is -2.64. The molecule has 1 aromatic carbocycles. The molecule has 2 N–H and O–H groups in total. The summed E-state index contributed by atoms with van der Waals surface area (Å²) >= 11 is 5.80. The SMILES string of the molecule is COCCNC(=O)CN1CC2(CC(C(=O)Nc3cc(F)cc(Cl)c3)C2)C1. The maximum Gasteiger partial charge on any atom is 0.234 e. The molecule has 0 unspecified atom stereocenters. The Morgan fingerprint density at radius 3 is 2.73 bits per heavy atom. The van der Waals surface area contributed by atoms with Gasteiger partial charge in [0.2, 0.25) is 11.8 Å². The summed E-state index contributed by atoms with van der Waals surface area (Å²) < 4.78 is 18.2. The van der Waals surface area contributed by atoms with Crippen molar-refractivity contribution in [1.29, 1.82) is 0 Å². The molecule has 0 radical (unpaired) electrons. The third-order valence-corrected chi connectivity index (χ3v) is 5.19. The minimum atomic E-state index is -0.476. The molecule has 0 aromatic heterocycles. The van der Waals surface area contributed by atoms with Gasteiger partial charge in [-0.2, -0.15) is 0 Å². The highest BCUT2D eigenvalue weighted by atomic mass is 35.5. The molecule has 0 bridgehead atoms. The van der Waals surface area contributed by atoms with Crippen molar-refractivity contribution in [2.45, 2.75) is 12.8 Å². The van der Waals surface area contributed by atoms with Crippen molar-refractivity contribution >= 4 is 29.1 Å². The van der Waals surface area contributed by atoms with Crippen LogP contribution in [-0.4, -0.2) is 56.6 Å². The molecule has 1 spiro atoms. The van der Waals surface area contributed by atoms with E-state index in [0.29, 0.717) is 25.4 Å². The molecule has 1 aliphatic carbocycles. The number of hydrogen-bond donors (Lipinski definition) is 2. The van der Waals surface area contributed by atoms with Crippen LogP contribution in [-0.2, 0) is 14.3 Å². The Balaban J connectivity index is 1.38. The molecule has 2 aliphatic rings. The van der Waals surface area contributed by atoms with E-state index in [1.807, 2.05) is 0 Å². The molecule has 142 valence electrons. The maximum atomic E-state index is 13.3. The van der Waals surface area contributed by atoms with Gasteiger partial charge in [-0.25, -0.2) is 4.39 Å². The van der Waals surface area contributed by atoms with E-state index in [1.165, 1.54) is 18.2 Å². The van der Waals surface area contributed by atoms with Gasteiger partial charge in [0.25, 0.3) is 0 Å². The van der Waals surface area contributed by atoms with Crippen LogP contribution in [0.2, 0.25) is 5.02 Å². The molecule has 26 heavy (non-hydrogen) atoms. The molecular weight excluding hydrogens is 361 g/mol. The predicted octanol–water partition coefficient (Wildman–Crippen LogP) is 1.89. The van der Waals surface area contributed by atoms with Crippen molar-refractivity contribution in [1.82, 2.24) is 10.2 Å². The number of likely N-dealkylation sites (tertiary alicyclic amines) is 1. The lowest BCUT2D eigenvalue weighted by molar-refractivity contribution is -0.144. The van der Waals surface area contributed by atoms with Crippen molar-refractivity contribution in [2.75, 3.05) is 45.2 Å². The van der Waals surface area contributed by atoms with Crippen LogP contribution in [0.25, 0.3) is 0 Å². The second kappa shape index (κ2) is 7.90. The van der Waals surface area contributed by atoms with Gasteiger partial charge in [0.1, 0.15) is 5.82 Å². The number of ether oxygens (including phenoxy) is 1. The zero-order valence-electron chi connectivity index (χ0n) is 14.7. The van der Waals surface area contributed by atoms with Crippen LogP contribution in [0.1, 0.15) is 12.8 Å². The Morgan fingerprint density at radius 2 is 2.08 bits per heavy atom. The number of carbonyl (C=O) groups is 2. The van der Waals surface area contributed by atoms with Crippen LogP contribution >= 0.6 is 11.6 Å². The summed E-state index contributed by atoms with van der Waals surface area (Å²) in [7, 11) is 1.59. The molecule has 3 rings (SSSR count). The predicted molar refractivity (Wildman–Crippen MR) is 96.5 cm³/mol. The molecule has 1 saturated carbocycles. The molecule has 6 nitrogen and oxygen atoms in total. The molecule has 1 saturated heterocycles. The maximum absolute atomic E-state index is 13.3. The van der Waals surface area contributed by atoms with Crippen LogP contribution in [0.5, 0.6) is 0 Å². The Bertz CT molecular complexity index is 666. The van der Waals surface area contributed by atoms with Crippen molar-refractivity contribution in [3.63, 3.8) is 0 Å². The first-order chi connectivity index (χ1) is 12.4. The van der Waals surface area contributed by atoms with E-state index in [9.17, 15) is 14.0 Å². The second-order valence-corrected chi connectivity index (χ2v) is 7.68. The summed E-state index contributed by atoms with van der Waals surface area (Å²) in [4.78, 5) is 26.1. The standard InChI is InChI=1S/C18H23ClFN3O3/c1-26-3-2-21-16(24)9-23-10-18(11-23)7-12(8-18)17(25)22-15-5-13(19)4-14(20)6-15/h4-6,12H,2-3,7-11H2,1H3,(H,21,24)(H,22,25). The zero-order valence-corrected chi connectivity index (χ0v) is 15.4. The molecule has 1 aliphatic heterocycles. The first-order valence-corrected chi connectivity index (χ1v) is 9.02. The van der Waals surface area contributed by atoms with E-state index in [1.54, 1.807) is 7.11 Å². The molecule has 1 aromatic rings. The van der Waals surface area contributed by atoms with Crippen molar-refractivity contribution in [3.8, 4) is 0 Å². The van der Waals surface area contributed by atoms with Gasteiger partial charge >= 0.3 is 0 Å². The Morgan fingerprint density at radius 1 is 1.35 bits per heavy atom. The topological polar surface area (TPSA) is 70.7 Å². The van der Waals surface area contributed by atoms with Gasteiger partial charge < -0.3 is 15.4 Å². The minimum absolute atomic E-state index is 0.00602. The summed E-state index contributed by atoms with van der Waals surface area (Å²) in [5.41, 5.74) is 0.526. The van der Waals surface area contributed by atoms with Crippen LogP contribution in [0.4, 0.5) is 10.1 Å². The highest BCUT2D eigenvalue weighted by Gasteiger charge is 2.54. The Labute approximate surface area is 157 Å². The van der Waals surface area contributed by atoms with Crippen molar-refractivity contribution in [3.05, 3.63) is 29.0 Å². The molecular formula is C18H23ClFN3O3. The van der Waals surface area contributed by atoms with E-state index in [4.69, 9.17) is 16.3 Å². The summed E-state index contributed by atoms with van der Waals surface area (Å²) in [6.45, 7) is 3.06. The third kappa shape index (κ3) is 4.52. The van der Waals surface area contributed by atoms with Gasteiger partial charge in [0.15, 0.2) is 0 Å². The highest BCUT2D eigenvalue weighted by molar-refractivity contribution is 6.30. The van der Waals surface area contributed by atoms with Gasteiger partial charge in [0.05, 0.1) is 13.2 Å². The lowest BCUT2D eigenvalue weighted by atomic mass is 9.57. The lowest BCUT2D eigenvalue weighted by Gasteiger charge is -2.58. The summed E-state index contributed by atoms with van der Waals surface area (Å²) in [6, 6.07) is 3.99. The van der Waals surface area contributed by atoms with Gasteiger partial charge in [-0.3, -0.25) is 14.5 Å². The first kappa shape index (κ1) is 19.1.